The Bertz CT molecular complexity index is 319. The third-order valence-corrected chi connectivity index (χ3v) is 5.07. The minimum atomic E-state index is 0. The van der Waals surface area contributed by atoms with Crippen molar-refractivity contribution in [3.8, 4) is 0 Å². The van der Waals surface area contributed by atoms with Gasteiger partial charge in [-0.3, -0.25) is 4.48 Å². The highest BCUT2D eigenvalue weighted by Crippen LogP contribution is 2.24. The molecule has 2 unspecified atom stereocenters. The van der Waals surface area contributed by atoms with Gasteiger partial charge in [-0.1, -0.05) is 26.7 Å². The van der Waals surface area contributed by atoms with E-state index in [0.29, 0.717) is 0 Å². The number of fused-ring (bicyclic) bond motifs is 1. The number of quaternary nitrogens is 1. The molecule has 2 heterocycles. The maximum atomic E-state index is 4.85. The topological polar surface area (TPSA) is 15.6 Å². The van der Waals surface area contributed by atoms with Crippen molar-refractivity contribution < 1.29 is 21.5 Å². The molecule has 0 aromatic rings. The normalized spacial score (nSPS) is 27.4. The molecule has 1 saturated heterocycles. The van der Waals surface area contributed by atoms with Gasteiger partial charge in [0.25, 0.3) is 5.96 Å². The lowest BCUT2D eigenvalue weighted by atomic mass is 10.0. The first-order valence-corrected chi connectivity index (χ1v) is 8.30. The lowest BCUT2D eigenvalue weighted by Crippen LogP contribution is -3.00. The summed E-state index contributed by atoms with van der Waals surface area (Å²) >= 11 is 0. The maximum Gasteiger partial charge on any atom is 0.300 e. The van der Waals surface area contributed by atoms with Crippen LogP contribution in [0.25, 0.3) is 0 Å². The molecule has 0 aromatic heterocycles. The van der Waals surface area contributed by atoms with Crippen LogP contribution in [0.2, 0.25) is 0 Å². The van der Waals surface area contributed by atoms with Crippen LogP contribution in [0, 0.1) is 5.92 Å². The van der Waals surface area contributed by atoms with Crippen LogP contribution in [-0.2, 0) is 0 Å². The molecule has 0 aliphatic carbocycles. The minimum absolute atomic E-state index is 0. The van der Waals surface area contributed by atoms with Gasteiger partial charge in [-0.2, -0.15) is 0 Å². The molecule has 0 N–H and O–H groups in total. The molecule has 2 aliphatic rings. The summed E-state index contributed by atoms with van der Waals surface area (Å²) in [5.41, 5.74) is 0. The van der Waals surface area contributed by atoms with Crippen LogP contribution in [0.15, 0.2) is 4.99 Å². The molecule has 2 atom stereocenters. The van der Waals surface area contributed by atoms with Crippen LogP contribution >= 0.6 is 0 Å². The number of guanidine groups is 1. The van der Waals surface area contributed by atoms with Gasteiger partial charge in [0.1, 0.15) is 0 Å². The fraction of sp³-hybridized carbons (Fsp3) is 0.938. The third kappa shape index (κ3) is 4.20. The van der Waals surface area contributed by atoms with E-state index in [1.165, 1.54) is 75.1 Å². The molecule has 3 nitrogen and oxygen atoms in total. The smallest absolute Gasteiger partial charge is 0.300 e. The van der Waals surface area contributed by atoms with Crippen LogP contribution < -0.4 is 17.0 Å². The van der Waals surface area contributed by atoms with E-state index in [2.05, 4.69) is 25.8 Å². The molecule has 2 aliphatic heterocycles. The van der Waals surface area contributed by atoms with Crippen molar-refractivity contribution in [1.29, 1.82) is 0 Å². The molecule has 20 heavy (non-hydrogen) atoms. The molecule has 0 amide bonds. The molecule has 4 heteroatoms. The molecule has 2 rings (SSSR count). The van der Waals surface area contributed by atoms with Crippen molar-refractivity contribution >= 4 is 5.96 Å². The second kappa shape index (κ2) is 8.38. The van der Waals surface area contributed by atoms with Crippen molar-refractivity contribution in [1.82, 2.24) is 4.90 Å². The Kier molecular flexibility index (Phi) is 7.52. The first-order valence-electron chi connectivity index (χ1n) is 8.30. The summed E-state index contributed by atoms with van der Waals surface area (Å²) in [7, 11) is 2.23. The summed E-state index contributed by atoms with van der Waals surface area (Å²) in [6.07, 6.45) is 8.11. The number of rotatable bonds is 6. The highest BCUT2D eigenvalue weighted by Gasteiger charge is 2.40. The van der Waals surface area contributed by atoms with Gasteiger partial charge in [0.05, 0.1) is 26.2 Å². The first-order chi connectivity index (χ1) is 9.18. The second-order valence-corrected chi connectivity index (χ2v) is 6.64. The molecular formula is C16H32BrN3. The third-order valence-electron chi connectivity index (χ3n) is 5.07. The number of aliphatic imine (C=N–C) groups is 1. The molecule has 0 saturated carbocycles. The fourth-order valence-corrected chi connectivity index (χ4v) is 3.64. The Labute approximate surface area is 135 Å². The van der Waals surface area contributed by atoms with Crippen LogP contribution in [0.5, 0.6) is 0 Å². The van der Waals surface area contributed by atoms with Crippen molar-refractivity contribution in [2.45, 2.75) is 52.4 Å². The van der Waals surface area contributed by atoms with Gasteiger partial charge in [0.2, 0.25) is 0 Å². The van der Waals surface area contributed by atoms with Crippen molar-refractivity contribution in [2.24, 2.45) is 10.9 Å². The SMILES string of the molecule is CCC(C)CCCC[N+]12CCCN=C1N(C)CCC2.[Br-]. The van der Waals surface area contributed by atoms with Gasteiger partial charge in [-0.05, 0) is 18.8 Å². The van der Waals surface area contributed by atoms with Gasteiger partial charge in [0, 0.05) is 26.4 Å². The number of halogens is 1. The quantitative estimate of drug-likeness (QED) is 0.493. The van der Waals surface area contributed by atoms with E-state index >= 15 is 0 Å². The van der Waals surface area contributed by atoms with E-state index in [1.807, 2.05) is 0 Å². The van der Waals surface area contributed by atoms with E-state index in [0.717, 1.165) is 12.5 Å². The molecule has 0 aromatic carbocycles. The van der Waals surface area contributed by atoms with Crippen LogP contribution in [-0.4, -0.2) is 55.1 Å². The second-order valence-electron chi connectivity index (χ2n) is 6.64. The average Bonchev–Trinajstić information content (AvgIpc) is 2.44. The Morgan fingerprint density at radius 2 is 2.00 bits per heavy atom. The average molecular weight is 346 g/mol. The van der Waals surface area contributed by atoms with Gasteiger partial charge in [-0.15, -0.1) is 0 Å². The maximum absolute atomic E-state index is 4.85. The Morgan fingerprint density at radius 3 is 2.75 bits per heavy atom. The predicted molar refractivity (Wildman–Crippen MR) is 82.3 cm³/mol. The number of unbranched alkanes of at least 4 members (excludes halogenated alkanes) is 1. The molecule has 1 fully saturated rings. The van der Waals surface area contributed by atoms with Crippen molar-refractivity contribution in [3.63, 3.8) is 0 Å². The number of hydrogen-bond acceptors (Lipinski definition) is 2. The molecule has 0 spiro atoms. The highest BCUT2D eigenvalue weighted by molar-refractivity contribution is 5.74. The summed E-state index contributed by atoms with van der Waals surface area (Å²) in [5, 5.41) is 0. The molecular weight excluding hydrogens is 314 g/mol. The zero-order valence-electron chi connectivity index (χ0n) is 13.6. The summed E-state index contributed by atoms with van der Waals surface area (Å²) in [4.78, 5) is 7.26. The lowest BCUT2D eigenvalue weighted by Gasteiger charge is -2.46. The largest absolute Gasteiger partial charge is 1.00 e. The Hall–Kier alpha value is -0.0900. The molecule has 0 radical (unpaired) electrons. The van der Waals surface area contributed by atoms with Gasteiger partial charge in [-0.25, -0.2) is 4.99 Å². The van der Waals surface area contributed by atoms with Crippen LogP contribution in [0.4, 0.5) is 0 Å². The van der Waals surface area contributed by atoms with Crippen LogP contribution in [0.1, 0.15) is 52.4 Å². The fourth-order valence-electron chi connectivity index (χ4n) is 3.64. The number of nitrogens with zero attached hydrogens (tertiary/aromatic N) is 3. The zero-order valence-corrected chi connectivity index (χ0v) is 15.2. The van der Waals surface area contributed by atoms with Gasteiger partial charge < -0.3 is 21.9 Å². The van der Waals surface area contributed by atoms with E-state index in [4.69, 9.17) is 4.99 Å². The summed E-state index contributed by atoms with van der Waals surface area (Å²) in [6.45, 7) is 10.9. The predicted octanol–water partition coefficient (Wildman–Crippen LogP) is 0.119. The van der Waals surface area contributed by atoms with E-state index < -0.39 is 0 Å². The Balaban J connectivity index is 0.00000200. The van der Waals surface area contributed by atoms with Gasteiger partial charge in [0.15, 0.2) is 0 Å². The van der Waals surface area contributed by atoms with E-state index in [1.54, 1.807) is 0 Å². The minimum Gasteiger partial charge on any atom is -1.00 e. The molecule has 118 valence electrons. The van der Waals surface area contributed by atoms with Gasteiger partial charge >= 0.3 is 0 Å². The summed E-state index contributed by atoms with van der Waals surface area (Å²) in [6, 6.07) is 0. The van der Waals surface area contributed by atoms with Crippen LogP contribution in [0.3, 0.4) is 0 Å². The van der Waals surface area contributed by atoms with Crippen molar-refractivity contribution in [3.05, 3.63) is 0 Å². The first kappa shape index (κ1) is 18.0. The Morgan fingerprint density at radius 1 is 1.25 bits per heavy atom. The number of hydrogen-bond donors (Lipinski definition) is 0. The lowest BCUT2D eigenvalue weighted by molar-refractivity contribution is -0.853. The van der Waals surface area contributed by atoms with Crippen molar-refractivity contribution in [2.75, 3.05) is 39.8 Å². The molecule has 0 bridgehead atoms. The van der Waals surface area contributed by atoms with E-state index in [-0.39, 0.29) is 17.0 Å². The monoisotopic (exact) mass is 345 g/mol. The summed E-state index contributed by atoms with van der Waals surface area (Å²) in [5.74, 6) is 2.29. The zero-order chi connectivity index (χ0) is 13.7. The standard InChI is InChI=1S/C16H32N3.BrH/c1-4-15(2)9-5-6-12-19-13-7-10-17-16(19)18(3)11-8-14-19;/h15H,4-14H2,1-3H3;1H/q+1;/p-1. The highest BCUT2D eigenvalue weighted by atomic mass is 79.9. The summed E-state index contributed by atoms with van der Waals surface area (Å²) < 4.78 is 1.19. The van der Waals surface area contributed by atoms with E-state index in [9.17, 15) is 0 Å².